The van der Waals surface area contributed by atoms with Gasteiger partial charge >= 0.3 is 5.97 Å². The number of carboxylic acid groups (broad SMARTS) is 1. The number of nitrogens with two attached hydrogens (primary N) is 1. The van der Waals surface area contributed by atoms with Gasteiger partial charge in [0.1, 0.15) is 16.8 Å². The third-order valence-corrected chi connectivity index (χ3v) is 10.1. The Kier molecular flexibility index (Phi) is 4.83. The highest BCUT2D eigenvalue weighted by Crippen LogP contribution is 2.65. The minimum atomic E-state index is -1.09. The highest BCUT2D eigenvalue weighted by molar-refractivity contribution is 8.05. The number of aliphatic carboxylic acids is 1. The van der Waals surface area contributed by atoms with Crippen molar-refractivity contribution in [2.45, 2.75) is 41.1 Å². The van der Waals surface area contributed by atoms with Crippen LogP contribution in [0.4, 0.5) is 11.4 Å². The fraction of sp³-hybridized carbons (Fsp3) is 0.320. The summed E-state index contributed by atoms with van der Waals surface area (Å²) >= 11 is 2.95. The van der Waals surface area contributed by atoms with Crippen molar-refractivity contribution in [3.05, 3.63) is 50.1 Å². The smallest absolute Gasteiger partial charge is 0.320 e. The standard InChI is InChI=1S/C25H22N6O4S2/c1-31-9-29-23(13(31)6-12(26)24(34)35)37-15-5-11(32)4-14-25(15)7-16(36-14)30-21-18(25)19-17-10(2-3-27-19)8-28-20(17)22(21)33/h4-5,8-9,12,16,30,33H,2-3,6-7,26H2,1H3,(H,34,35)/t12-,16+,25+/m0/s1. The molecule has 5 N–H and O–H groups in total. The van der Waals surface area contributed by atoms with E-state index in [1.807, 2.05) is 6.21 Å². The second kappa shape index (κ2) is 7.83. The number of fused-ring (bicyclic) bond motifs is 3. The predicted molar refractivity (Wildman–Crippen MR) is 141 cm³/mol. The normalized spacial score (nSPS) is 25.0. The molecule has 0 radical (unpaired) electrons. The van der Waals surface area contributed by atoms with Crippen molar-refractivity contribution < 1.29 is 19.8 Å². The van der Waals surface area contributed by atoms with Crippen LogP contribution in [0, 0.1) is 0 Å². The van der Waals surface area contributed by atoms with Crippen LogP contribution < -0.4 is 21.6 Å². The number of benzene rings is 1. The summed E-state index contributed by atoms with van der Waals surface area (Å²) in [7, 11) is 1.80. The predicted octanol–water partition coefficient (Wildman–Crippen LogP) is 1.24. The zero-order valence-corrected chi connectivity index (χ0v) is 21.3. The molecule has 1 fully saturated rings. The number of aryl methyl sites for hydroxylation is 1. The fourth-order valence-corrected chi connectivity index (χ4v) is 8.73. The Morgan fingerprint density at radius 2 is 2.27 bits per heavy atom. The van der Waals surface area contributed by atoms with Crippen molar-refractivity contribution >= 4 is 58.4 Å². The van der Waals surface area contributed by atoms with Gasteiger partial charge in [0, 0.05) is 46.8 Å². The summed E-state index contributed by atoms with van der Waals surface area (Å²) in [6, 6.07) is -1.08. The number of aromatic hydroxyl groups is 1. The summed E-state index contributed by atoms with van der Waals surface area (Å²) in [5.74, 6) is -1.10. The molecule has 3 atom stereocenters. The zero-order valence-electron chi connectivity index (χ0n) is 19.7. The number of anilines is 1. The van der Waals surface area contributed by atoms with E-state index in [2.05, 4.69) is 15.3 Å². The first kappa shape index (κ1) is 22.8. The minimum absolute atomic E-state index is 0.0501. The molecule has 0 unspecified atom stereocenters. The quantitative estimate of drug-likeness (QED) is 0.415. The maximum atomic E-state index is 12.9. The van der Waals surface area contributed by atoms with Gasteiger partial charge in [-0.1, -0.05) is 11.8 Å². The number of thioether (sulfide) groups is 2. The Morgan fingerprint density at radius 1 is 1.43 bits per heavy atom. The van der Waals surface area contributed by atoms with Gasteiger partial charge in [0.15, 0.2) is 11.5 Å². The molecule has 5 heterocycles. The maximum absolute atomic E-state index is 12.9. The van der Waals surface area contributed by atoms with Crippen LogP contribution in [0.15, 0.2) is 43.3 Å². The maximum Gasteiger partial charge on any atom is 0.320 e. The molecule has 7 rings (SSSR count). The Bertz CT molecular complexity index is 1670. The summed E-state index contributed by atoms with van der Waals surface area (Å²) in [5.41, 5.74) is 8.95. The van der Waals surface area contributed by atoms with Gasteiger partial charge in [0.05, 0.1) is 33.9 Å². The molecular weight excluding hydrogens is 512 g/mol. The fourth-order valence-electron chi connectivity index (χ4n) is 5.87. The lowest BCUT2D eigenvalue weighted by Crippen LogP contribution is -2.45. The van der Waals surface area contributed by atoms with Gasteiger partial charge in [0.2, 0.25) is 0 Å². The third kappa shape index (κ3) is 3.09. The second-order valence-electron chi connectivity index (χ2n) is 9.72. The van der Waals surface area contributed by atoms with Crippen LogP contribution in [-0.2, 0) is 28.5 Å². The summed E-state index contributed by atoms with van der Waals surface area (Å²) in [4.78, 5) is 40.1. The number of aromatic nitrogens is 2. The molecule has 0 amide bonds. The van der Waals surface area contributed by atoms with Crippen LogP contribution in [0.1, 0.15) is 24.1 Å². The lowest BCUT2D eigenvalue weighted by molar-refractivity contribution is -0.138. The number of nitrogens with zero attached hydrogens (tertiary/aromatic N) is 4. The van der Waals surface area contributed by atoms with Crippen LogP contribution in [0.25, 0.3) is 5.57 Å². The summed E-state index contributed by atoms with van der Waals surface area (Å²) in [6.07, 6.45) is 8.32. The molecule has 4 aliphatic heterocycles. The number of phenols is 1. The molecule has 2 aromatic rings. The summed E-state index contributed by atoms with van der Waals surface area (Å²) in [6.45, 7) is 0.624. The minimum Gasteiger partial charge on any atom is -0.504 e. The first-order valence-electron chi connectivity index (χ1n) is 11.9. The Hall–Kier alpha value is -3.35. The van der Waals surface area contributed by atoms with E-state index in [1.54, 1.807) is 41.9 Å². The van der Waals surface area contributed by atoms with E-state index in [9.17, 15) is 19.8 Å². The van der Waals surface area contributed by atoms with Gasteiger partial charge in [-0.15, -0.1) is 11.8 Å². The first-order chi connectivity index (χ1) is 17.8. The Morgan fingerprint density at radius 3 is 3.08 bits per heavy atom. The summed E-state index contributed by atoms with van der Waals surface area (Å²) in [5, 5.41) is 26.5. The zero-order chi connectivity index (χ0) is 25.6. The van der Waals surface area contributed by atoms with Crippen LogP contribution in [0.5, 0.6) is 5.75 Å². The average molecular weight is 535 g/mol. The number of phenolic OH excluding ortho intramolecular Hbond substituents is 1. The number of rotatable bonds is 5. The van der Waals surface area contributed by atoms with E-state index in [-0.39, 0.29) is 23.3 Å². The second-order valence-corrected chi connectivity index (χ2v) is 12.0. The van der Waals surface area contributed by atoms with E-state index in [1.165, 1.54) is 11.8 Å². The Balaban J connectivity index is 1.44. The highest BCUT2D eigenvalue weighted by atomic mass is 32.2. The van der Waals surface area contributed by atoms with Crippen LogP contribution in [0.2, 0.25) is 0 Å². The van der Waals surface area contributed by atoms with E-state index in [0.29, 0.717) is 35.1 Å². The number of allylic oxidation sites excluding steroid dienone is 4. The van der Waals surface area contributed by atoms with Gasteiger partial charge in [-0.2, -0.15) is 0 Å². The lowest BCUT2D eigenvalue weighted by atomic mass is 9.71. The molecule has 1 aromatic carbocycles. The highest BCUT2D eigenvalue weighted by Gasteiger charge is 2.56. The van der Waals surface area contributed by atoms with Crippen molar-refractivity contribution in [2.75, 3.05) is 11.9 Å². The molecule has 1 aliphatic carbocycles. The first-order valence-corrected chi connectivity index (χ1v) is 13.6. The van der Waals surface area contributed by atoms with Gasteiger partial charge in [0.25, 0.3) is 0 Å². The number of carbonyl (C=O) groups excluding carboxylic acids is 1. The summed E-state index contributed by atoms with van der Waals surface area (Å²) < 4.78 is 1.77. The Labute approximate surface area is 219 Å². The number of aliphatic imine (C=N–C) groups is 1. The van der Waals surface area contributed by atoms with E-state index < -0.39 is 17.4 Å². The number of carbonyl (C=O) groups is 2. The molecule has 0 saturated carbocycles. The molecule has 10 nitrogen and oxygen atoms in total. The van der Waals surface area contributed by atoms with Crippen LogP contribution in [0.3, 0.4) is 0 Å². The lowest BCUT2D eigenvalue weighted by Gasteiger charge is -2.39. The van der Waals surface area contributed by atoms with Crippen molar-refractivity contribution in [3.8, 4) is 5.75 Å². The van der Waals surface area contributed by atoms with Crippen LogP contribution in [-0.4, -0.2) is 55.7 Å². The number of imidazole rings is 1. The molecule has 12 heteroatoms. The molecule has 1 saturated heterocycles. The number of hydrogen-bond donors (Lipinski definition) is 4. The average Bonchev–Trinajstić information content (AvgIpc) is 3.53. The third-order valence-electron chi connectivity index (χ3n) is 7.58. The van der Waals surface area contributed by atoms with E-state index in [4.69, 9.17) is 10.7 Å². The molecule has 5 aliphatic rings. The van der Waals surface area contributed by atoms with Gasteiger partial charge in [-0.3, -0.25) is 19.6 Å². The number of carboxylic acids is 1. The van der Waals surface area contributed by atoms with Gasteiger partial charge in [-0.05, 0) is 30.6 Å². The van der Waals surface area contributed by atoms with Crippen molar-refractivity contribution in [1.29, 1.82) is 0 Å². The molecule has 37 heavy (non-hydrogen) atoms. The number of nitrogens with one attached hydrogen (secondary N) is 1. The molecule has 2 bridgehead atoms. The number of ketones is 1. The van der Waals surface area contributed by atoms with E-state index in [0.717, 1.165) is 37.9 Å². The van der Waals surface area contributed by atoms with E-state index >= 15 is 0 Å². The van der Waals surface area contributed by atoms with Crippen molar-refractivity contribution in [3.63, 3.8) is 0 Å². The monoisotopic (exact) mass is 534 g/mol. The topological polar surface area (TPSA) is 155 Å². The number of hydrogen-bond acceptors (Lipinski definition) is 10. The molecule has 1 spiro atoms. The van der Waals surface area contributed by atoms with Gasteiger partial charge in [-0.25, -0.2) is 4.98 Å². The van der Waals surface area contributed by atoms with Crippen molar-refractivity contribution in [2.24, 2.45) is 22.8 Å². The SMILES string of the molecule is Cn1cnc(SC2=CC(=O)C=C3S[C@@H]4C[C@]23c2c(c(O)c3c5c2=NCCC=5C=N3)N4)c1C[C@H](N)C(=O)O. The molecule has 188 valence electrons. The molecular formula is C25H22N6O4S2. The van der Waals surface area contributed by atoms with Crippen molar-refractivity contribution in [1.82, 2.24) is 9.55 Å². The largest absolute Gasteiger partial charge is 0.504 e. The molecule has 1 aromatic heterocycles. The van der Waals surface area contributed by atoms with Crippen LogP contribution >= 0.6 is 23.5 Å². The van der Waals surface area contributed by atoms with Gasteiger partial charge < -0.3 is 25.8 Å².